The second-order valence-electron chi connectivity index (χ2n) is 3.26. The van der Waals surface area contributed by atoms with Gasteiger partial charge >= 0.3 is 0 Å². The van der Waals surface area contributed by atoms with E-state index < -0.39 is 6.10 Å². The Hall–Kier alpha value is -1.07. The van der Waals surface area contributed by atoms with Crippen LogP contribution in [-0.2, 0) is 0 Å². The summed E-state index contributed by atoms with van der Waals surface area (Å²) < 4.78 is 0. The molecule has 0 amide bonds. The van der Waals surface area contributed by atoms with E-state index in [-0.39, 0.29) is 0 Å². The third-order valence-electron chi connectivity index (χ3n) is 1.90. The molecule has 14 heavy (non-hydrogen) atoms. The summed E-state index contributed by atoms with van der Waals surface area (Å²) in [7, 11) is 0. The molecule has 0 radical (unpaired) electrons. The molecule has 0 saturated carbocycles. The van der Waals surface area contributed by atoms with Gasteiger partial charge in [-0.3, -0.25) is 0 Å². The van der Waals surface area contributed by atoms with Crippen LogP contribution in [0.15, 0.2) is 24.3 Å². The Balaban J connectivity index is 3.46. The summed E-state index contributed by atoms with van der Waals surface area (Å²) in [5.41, 5.74) is 0. The topological polar surface area (TPSA) is 44.0 Å². The van der Waals surface area contributed by atoms with Crippen molar-refractivity contribution in [3.8, 4) is 6.07 Å². The average molecular weight is 193 g/mol. The van der Waals surface area contributed by atoms with Crippen molar-refractivity contribution in [1.29, 1.82) is 5.26 Å². The van der Waals surface area contributed by atoms with Crippen molar-refractivity contribution < 1.29 is 5.11 Å². The Kier molecular flexibility index (Phi) is 9.25. The Morgan fingerprint density at radius 3 is 2.79 bits per heavy atom. The molecule has 0 aromatic rings. The van der Waals surface area contributed by atoms with Crippen LogP contribution in [0.3, 0.4) is 0 Å². The second kappa shape index (κ2) is 10.0. The number of nitrogens with zero attached hydrogens (tertiary/aromatic N) is 1. The highest BCUT2D eigenvalue weighted by Gasteiger charge is 1.93. The summed E-state index contributed by atoms with van der Waals surface area (Å²) in [5.74, 6) is 0. The standard InChI is InChI=1S/C12H19NO/c1-2-3-4-5-6-9-12(14)10-7-8-11-13/h6-9,12,14H,2-5,10H2,1H3/b8-7-,9-6+/t12-/m1/s1. The minimum atomic E-state index is -0.443. The van der Waals surface area contributed by atoms with Gasteiger partial charge in [0.1, 0.15) is 0 Å². The molecule has 0 aliphatic rings. The zero-order chi connectivity index (χ0) is 10.6. The minimum absolute atomic E-state index is 0.443. The van der Waals surface area contributed by atoms with Crippen LogP contribution >= 0.6 is 0 Å². The van der Waals surface area contributed by atoms with E-state index >= 15 is 0 Å². The van der Waals surface area contributed by atoms with Gasteiger partial charge in [-0.2, -0.15) is 5.26 Å². The van der Waals surface area contributed by atoms with Gasteiger partial charge in [0.15, 0.2) is 0 Å². The molecular weight excluding hydrogens is 174 g/mol. The van der Waals surface area contributed by atoms with Gasteiger partial charge in [-0.1, -0.05) is 38.0 Å². The van der Waals surface area contributed by atoms with Crippen LogP contribution in [0.1, 0.15) is 39.0 Å². The maximum atomic E-state index is 9.38. The molecule has 0 aliphatic carbocycles. The number of unbranched alkanes of at least 4 members (excludes halogenated alkanes) is 3. The molecule has 2 nitrogen and oxygen atoms in total. The van der Waals surface area contributed by atoms with Crippen molar-refractivity contribution >= 4 is 0 Å². The molecule has 0 spiro atoms. The summed E-state index contributed by atoms with van der Waals surface area (Å²) in [5, 5.41) is 17.6. The van der Waals surface area contributed by atoms with Crippen LogP contribution in [0.5, 0.6) is 0 Å². The zero-order valence-corrected chi connectivity index (χ0v) is 8.82. The number of hydrogen-bond donors (Lipinski definition) is 1. The highest BCUT2D eigenvalue weighted by molar-refractivity contribution is 5.04. The van der Waals surface area contributed by atoms with Crippen LogP contribution in [-0.4, -0.2) is 11.2 Å². The molecule has 1 atom stereocenters. The third-order valence-corrected chi connectivity index (χ3v) is 1.90. The molecular formula is C12H19NO. The molecule has 0 saturated heterocycles. The highest BCUT2D eigenvalue weighted by atomic mass is 16.3. The first kappa shape index (κ1) is 12.9. The number of hydrogen-bond acceptors (Lipinski definition) is 2. The molecule has 0 aromatic heterocycles. The van der Waals surface area contributed by atoms with Crippen LogP contribution < -0.4 is 0 Å². The summed E-state index contributed by atoms with van der Waals surface area (Å²) in [6.45, 7) is 2.17. The normalized spacial score (nSPS) is 13.5. The van der Waals surface area contributed by atoms with Crippen molar-refractivity contribution in [2.45, 2.75) is 45.1 Å². The van der Waals surface area contributed by atoms with Crippen molar-refractivity contribution in [3.63, 3.8) is 0 Å². The largest absolute Gasteiger partial charge is 0.389 e. The van der Waals surface area contributed by atoms with Gasteiger partial charge in [-0.25, -0.2) is 0 Å². The predicted molar refractivity (Wildman–Crippen MR) is 58.7 cm³/mol. The van der Waals surface area contributed by atoms with Crippen LogP contribution in [0, 0.1) is 11.3 Å². The van der Waals surface area contributed by atoms with E-state index in [4.69, 9.17) is 5.26 Å². The van der Waals surface area contributed by atoms with E-state index in [0.29, 0.717) is 6.42 Å². The van der Waals surface area contributed by atoms with Gasteiger partial charge in [0.2, 0.25) is 0 Å². The molecule has 0 aliphatic heterocycles. The lowest BCUT2D eigenvalue weighted by molar-refractivity contribution is 0.226. The van der Waals surface area contributed by atoms with Crippen molar-refractivity contribution in [3.05, 3.63) is 24.3 Å². The van der Waals surface area contributed by atoms with Gasteiger partial charge in [0, 0.05) is 6.08 Å². The van der Waals surface area contributed by atoms with E-state index in [2.05, 4.69) is 6.92 Å². The van der Waals surface area contributed by atoms with Gasteiger partial charge in [-0.15, -0.1) is 0 Å². The Bertz CT molecular complexity index is 213. The Morgan fingerprint density at radius 2 is 2.14 bits per heavy atom. The fourth-order valence-electron chi connectivity index (χ4n) is 1.10. The molecule has 0 unspecified atom stereocenters. The lowest BCUT2D eigenvalue weighted by Crippen LogP contribution is -1.98. The number of allylic oxidation sites excluding steroid dienone is 2. The Labute approximate surface area is 86.6 Å². The molecule has 1 N–H and O–H groups in total. The lowest BCUT2D eigenvalue weighted by Gasteiger charge is -1.99. The minimum Gasteiger partial charge on any atom is -0.389 e. The van der Waals surface area contributed by atoms with Gasteiger partial charge in [0.05, 0.1) is 12.2 Å². The summed E-state index contributed by atoms with van der Waals surface area (Å²) in [6, 6.07) is 1.89. The zero-order valence-electron chi connectivity index (χ0n) is 8.82. The van der Waals surface area contributed by atoms with E-state index in [1.807, 2.05) is 12.1 Å². The molecule has 0 heterocycles. The van der Waals surface area contributed by atoms with Crippen LogP contribution in [0.2, 0.25) is 0 Å². The predicted octanol–water partition coefficient (Wildman–Crippen LogP) is 2.95. The first-order valence-corrected chi connectivity index (χ1v) is 5.20. The second-order valence-corrected chi connectivity index (χ2v) is 3.26. The van der Waals surface area contributed by atoms with Gasteiger partial charge in [0.25, 0.3) is 0 Å². The molecule has 0 fully saturated rings. The number of nitriles is 1. The number of aliphatic hydroxyl groups excluding tert-OH is 1. The lowest BCUT2D eigenvalue weighted by atomic mass is 10.1. The van der Waals surface area contributed by atoms with E-state index in [9.17, 15) is 5.11 Å². The smallest absolute Gasteiger partial charge is 0.0908 e. The van der Waals surface area contributed by atoms with Gasteiger partial charge in [-0.05, 0) is 19.3 Å². The van der Waals surface area contributed by atoms with Crippen molar-refractivity contribution in [1.82, 2.24) is 0 Å². The molecule has 78 valence electrons. The van der Waals surface area contributed by atoms with Crippen LogP contribution in [0.4, 0.5) is 0 Å². The highest BCUT2D eigenvalue weighted by Crippen LogP contribution is 2.02. The molecule has 0 rings (SSSR count). The fourth-order valence-corrected chi connectivity index (χ4v) is 1.10. The maximum absolute atomic E-state index is 9.38. The third kappa shape index (κ3) is 9.02. The maximum Gasteiger partial charge on any atom is 0.0908 e. The van der Waals surface area contributed by atoms with Crippen LogP contribution in [0.25, 0.3) is 0 Å². The SMILES string of the molecule is CCCCC/C=C/[C@@H](O)C/C=C\C#N. The fraction of sp³-hybridized carbons (Fsp3) is 0.583. The first-order valence-electron chi connectivity index (χ1n) is 5.20. The Morgan fingerprint density at radius 1 is 1.36 bits per heavy atom. The first-order chi connectivity index (χ1) is 6.81. The van der Waals surface area contributed by atoms with Gasteiger partial charge < -0.3 is 5.11 Å². The summed E-state index contributed by atoms with van der Waals surface area (Å²) in [4.78, 5) is 0. The van der Waals surface area contributed by atoms with Crippen molar-refractivity contribution in [2.75, 3.05) is 0 Å². The van der Waals surface area contributed by atoms with E-state index in [1.54, 1.807) is 12.2 Å². The molecule has 2 heteroatoms. The molecule has 0 bridgehead atoms. The summed E-state index contributed by atoms with van der Waals surface area (Å²) in [6.07, 6.45) is 11.7. The average Bonchev–Trinajstić information content (AvgIpc) is 2.18. The number of rotatable bonds is 7. The van der Waals surface area contributed by atoms with Crippen molar-refractivity contribution in [2.24, 2.45) is 0 Å². The van der Waals surface area contributed by atoms with E-state index in [1.165, 1.54) is 25.3 Å². The van der Waals surface area contributed by atoms with E-state index in [0.717, 1.165) is 6.42 Å². The monoisotopic (exact) mass is 193 g/mol. The number of aliphatic hydroxyl groups is 1. The quantitative estimate of drug-likeness (QED) is 0.384. The molecule has 0 aromatic carbocycles. The summed E-state index contributed by atoms with van der Waals surface area (Å²) >= 11 is 0.